The monoisotopic (exact) mass is 585 g/mol. The van der Waals surface area contributed by atoms with Crippen molar-refractivity contribution in [2.75, 3.05) is 18.5 Å². The lowest BCUT2D eigenvalue weighted by atomic mass is 10.1. The van der Waals surface area contributed by atoms with E-state index in [2.05, 4.69) is 15.6 Å². The second-order valence-corrected chi connectivity index (χ2v) is 11.4. The lowest BCUT2D eigenvalue weighted by Crippen LogP contribution is -2.32. The molecule has 4 aromatic rings. The molecule has 0 aliphatic carbocycles. The van der Waals surface area contributed by atoms with E-state index in [1.54, 1.807) is 48.5 Å². The summed E-state index contributed by atoms with van der Waals surface area (Å²) in [5.41, 5.74) is 1.88. The van der Waals surface area contributed by atoms with E-state index >= 15 is 0 Å². The van der Waals surface area contributed by atoms with Crippen molar-refractivity contribution < 1.29 is 19.2 Å². The lowest BCUT2D eigenvalue weighted by molar-refractivity contribution is -0.387. The van der Waals surface area contributed by atoms with Gasteiger partial charge in [-0.3, -0.25) is 19.7 Å². The summed E-state index contributed by atoms with van der Waals surface area (Å²) in [6.07, 6.45) is 3.03. The van der Waals surface area contributed by atoms with Crippen LogP contribution < -0.4 is 10.6 Å². The Labute approximate surface area is 243 Å². The topological polar surface area (TPSA) is 147 Å². The Hall–Kier alpha value is -4.57. The molecule has 1 atom stereocenters. The van der Waals surface area contributed by atoms with Gasteiger partial charge in [-0.2, -0.15) is 5.26 Å². The molecule has 206 valence electrons. The minimum Gasteiger partial charge on any atom is -0.376 e. The van der Waals surface area contributed by atoms with Crippen molar-refractivity contribution in [1.29, 1.82) is 5.26 Å². The molecule has 0 bridgehead atoms. The van der Waals surface area contributed by atoms with Gasteiger partial charge in [0, 0.05) is 30.5 Å². The van der Waals surface area contributed by atoms with E-state index in [0.29, 0.717) is 44.7 Å². The number of carbonyl (C=O) groups is 2. The molecule has 2 heterocycles. The van der Waals surface area contributed by atoms with Crippen LogP contribution in [0, 0.1) is 21.4 Å². The number of thiazole rings is 1. The molecule has 0 unspecified atom stereocenters. The van der Waals surface area contributed by atoms with Gasteiger partial charge >= 0.3 is 0 Å². The molecule has 3 aromatic carbocycles. The van der Waals surface area contributed by atoms with E-state index in [9.17, 15) is 25.0 Å². The number of nitrogens with one attached hydrogen (secondary N) is 2. The summed E-state index contributed by atoms with van der Waals surface area (Å²) in [6.45, 7) is 0.956. The van der Waals surface area contributed by atoms with E-state index < -0.39 is 10.8 Å². The Bertz CT molecular complexity index is 1690. The largest absolute Gasteiger partial charge is 0.376 e. The molecule has 12 heteroatoms. The van der Waals surface area contributed by atoms with Crippen LogP contribution in [0.3, 0.4) is 0 Å². The summed E-state index contributed by atoms with van der Waals surface area (Å²) in [5.74, 6) is -0.786. The van der Waals surface area contributed by atoms with Crippen molar-refractivity contribution in [3.05, 3.63) is 93.5 Å². The number of carbonyl (C=O) groups excluding carboxylic acids is 2. The van der Waals surface area contributed by atoms with Gasteiger partial charge in [0.2, 0.25) is 0 Å². The molecular formula is C29H23N5O5S2. The number of amides is 2. The summed E-state index contributed by atoms with van der Waals surface area (Å²) in [5, 5.41) is 26.9. The van der Waals surface area contributed by atoms with Gasteiger partial charge in [-0.15, -0.1) is 11.3 Å². The fraction of sp³-hybridized carbons (Fsp3) is 0.172. The zero-order chi connectivity index (χ0) is 28.8. The first kappa shape index (κ1) is 28.0. The summed E-state index contributed by atoms with van der Waals surface area (Å²) in [4.78, 5) is 41.3. The summed E-state index contributed by atoms with van der Waals surface area (Å²) < 4.78 is 6.88. The minimum atomic E-state index is -0.557. The van der Waals surface area contributed by atoms with Gasteiger partial charge in [0.25, 0.3) is 17.5 Å². The number of hydrogen-bond acceptors (Lipinski definition) is 9. The highest BCUT2D eigenvalue weighted by molar-refractivity contribution is 8.01. The Morgan fingerprint density at radius 1 is 1.20 bits per heavy atom. The number of nitro benzene ring substituents is 1. The maximum Gasteiger partial charge on any atom is 0.283 e. The summed E-state index contributed by atoms with van der Waals surface area (Å²) in [7, 11) is 0. The van der Waals surface area contributed by atoms with E-state index in [-0.39, 0.29) is 23.3 Å². The van der Waals surface area contributed by atoms with Crippen LogP contribution in [0.1, 0.15) is 28.8 Å². The van der Waals surface area contributed by atoms with Crippen LogP contribution in [0.4, 0.5) is 11.4 Å². The molecule has 1 fully saturated rings. The highest BCUT2D eigenvalue weighted by Gasteiger charge is 2.20. The van der Waals surface area contributed by atoms with Crippen molar-refractivity contribution in [3.8, 4) is 6.07 Å². The van der Waals surface area contributed by atoms with E-state index in [4.69, 9.17) is 4.74 Å². The molecule has 1 saturated heterocycles. The zero-order valence-corrected chi connectivity index (χ0v) is 23.2. The van der Waals surface area contributed by atoms with Gasteiger partial charge in [0.1, 0.15) is 11.6 Å². The number of nitriles is 1. The first-order chi connectivity index (χ1) is 19.9. The van der Waals surface area contributed by atoms with Gasteiger partial charge in [0.05, 0.1) is 26.1 Å². The molecule has 1 aromatic heterocycles. The second kappa shape index (κ2) is 12.7. The number of ether oxygens (including phenoxy) is 1. The van der Waals surface area contributed by atoms with E-state index in [1.807, 2.05) is 18.2 Å². The third kappa shape index (κ3) is 6.96. The normalized spacial score (nSPS) is 14.9. The van der Waals surface area contributed by atoms with Crippen molar-refractivity contribution in [3.63, 3.8) is 0 Å². The van der Waals surface area contributed by atoms with Gasteiger partial charge < -0.3 is 15.4 Å². The van der Waals surface area contributed by atoms with Crippen LogP contribution in [0.25, 0.3) is 16.3 Å². The standard InChI is InChI=1S/C29H23N5O5S2/c30-16-20(27(35)31-17-22-7-4-12-39-22)13-18-8-11-25(24(14-18)34(37)38)40-29-33-23-10-9-21(15-26(23)41-29)32-28(36)19-5-2-1-3-6-19/h1-3,5-6,8-11,13-15,22H,4,7,12,17H2,(H,31,35)(H,32,36)/b20-13+/t22-/m1/s1. The average molecular weight is 586 g/mol. The third-order valence-corrected chi connectivity index (χ3v) is 8.37. The van der Waals surface area contributed by atoms with Gasteiger partial charge in [-0.25, -0.2) is 4.98 Å². The Kier molecular flexibility index (Phi) is 8.69. The van der Waals surface area contributed by atoms with Crippen LogP contribution in [-0.2, 0) is 9.53 Å². The maximum atomic E-state index is 12.5. The van der Waals surface area contributed by atoms with Gasteiger partial charge in [-0.05, 0) is 60.9 Å². The molecule has 0 radical (unpaired) electrons. The van der Waals surface area contributed by atoms with Crippen LogP contribution in [0.2, 0.25) is 0 Å². The fourth-order valence-corrected chi connectivity index (χ4v) is 6.34. The quantitative estimate of drug-likeness (QED) is 0.108. The highest BCUT2D eigenvalue weighted by Crippen LogP contribution is 2.39. The number of fused-ring (bicyclic) bond motifs is 1. The smallest absolute Gasteiger partial charge is 0.283 e. The molecule has 0 spiro atoms. The van der Waals surface area contributed by atoms with Crippen molar-refractivity contribution in [2.45, 2.75) is 28.2 Å². The minimum absolute atomic E-state index is 0.0709. The molecule has 10 nitrogen and oxygen atoms in total. The number of nitro groups is 1. The van der Waals surface area contributed by atoms with Gasteiger partial charge in [0.15, 0.2) is 4.34 Å². The number of anilines is 1. The Morgan fingerprint density at radius 3 is 2.76 bits per heavy atom. The number of rotatable bonds is 9. The lowest BCUT2D eigenvalue weighted by Gasteiger charge is -2.10. The van der Waals surface area contributed by atoms with Crippen LogP contribution in [0.5, 0.6) is 0 Å². The molecular weight excluding hydrogens is 562 g/mol. The molecule has 5 rings (SSSR count). The second-order valence-electron chi connectivity index (χ2n) is 9.08. The first-order valence-electron chi connectivity index (χ1n) is 12.6. The number of nitrogens with zero attached hydrogens (tertiary/aromatic N) is 3. The molecule has 41 heavy (non-hydrogen) atoms. The zero-order valence-electron chi connectivity index (χ0n) is 21.5. The predicted octanol–water partition coefficient (Wildman–Crippen LogP) is 5.81. The summed E-state index contributed by atoms with van der Waals surface area (Å²) >= 11 is 2.49. The number of benzene rings is 3. The molecule has 1 aliphatic heterocycles. The van der Waals surface area contributed by atoms with Crippen molar-refractivity contribution in [2.24, 2.45) is 0 Å². The number of hydrogen-bond donors (Lipinski definition) is 2. The maximum absolute atomic E-state index is 12.5. The van der Waals surface area contributed by atoms with Crippen molar-refractivity contribution >= 4 is 62.6 Å². The highest BCUT2D eigenvalue weighted by atomic mass is 32.2. The molecule has 2 N–H and O–H groups in total. The van der Waals surface area contributed by atoms with Crippen LogP contribution in [-0.4, -0.2) is 41.0 Å². The van der Waals surface area contributed by atoms with Crippen LogP contribution in [0.15, 0.2) is 81.5 Å². The first-order valence-corrected chi connectivity index (χ1v) is 14.3. The predicted molar refractivity (Wildman–Crippen MR) is 157 cm³/mol. The molecule has 2 amide bonds. The summed E-state index contributed by atoms with van der Waals surface area (Å²) in [6, 6.07) is 20.6. The third-order valence-electron chi connectivity index (χ3n) is 6.23. The van der Waals surface area contributed by atoms with Crippen LogP contribution >= 0.6 is 23.1 Å². The average Bonchev–Trinajstić information content (AvgIpc) is 3.65. The SMILES string of the molecule is N#C/C(=C\c1ccc(Sc2nc3ccc(NC(=O)c4ccccc4)cc3s2)c([N+](=O)[O-])c1)C(=O)NC[C@H]1CCCO1. The van der Waals surface area contributed by atoms with E-state index in [0.717, 1.165) is 29.3 Å². The molecule has 1 aliphatic rings. The fourth-order valence-electron chi connectivity index (χ4n) is 4.19. The number of aromatic nitrogens is 1. The Morgan fingerprint density at radius 2 is 2.02 bits per heavy atom. The van der Waals surface area contributed by atoms with Gasteiger partial charge in [-0.1, -0.05) is 36.0 Å². The Balaban J connectivity index is 1.31. The molecule has 0 saturated carbocycles. The van der Waals surface area contributed by atoms with Crippen molar-refractivity contribution in [1.82, 2.24) is 10.3 Å². The van der Waals surface area contributed by atoms with E-state index in [1.165, 1.54) is 23.5 Å².